The molecule has 0 aromatic heterocycles. The zero-order chi connectivity index (χ0) is 11.1. The SMILES string of the molecule is OC1(C2CCOC3(CCSC3)C2)CCNC1. The Balaban J connectivity index is 1.72. The lowest BCUT2D eigenvalue weighted by Gasteiger charge is -2.43. The number of thioether (sulfide) groups is 1. The van der Waals surface area contributed by atoms with E-state index < -0.39 is 5.60 Å². The summed E-state index contributed by atoms with van der Waals surface area (Å²) in [4.78, 5) is 0. The molecular weight excluding hydrogens is 222 g/mol. The summed E-state index contributed by atoms with van der Waals surface area (Å²) in [7, 11) is 0. The molecule has 4 heteroatoms. The minimum Gasteiger partial charge on any atom is -0.388 e. The fraction of sp³-hybridized carbons (Fsp3) is 1.00. The number of β-amino-alcohol motifs (C(OH)–C–C–N with tert-alkyl or cyclic N) is 1. The molecule has 1 spiro atoms. The summed E-state index contributed by atoms with van der Waals surface area (Å²) in [5.41, 5.74) is -0.351. The maximum Gasteiger partial charge on any atom is 0.0813 e. The third-order valence-electron chi connectivity index (χ3n) is 4.49. The van der Waals surface area contributed by atoms with Crippen LogP contribution in [0.15, 0.2) is 0 Å². The molecular formula is C12H21NO2S. The second-order valence-corrected chi connectivity index (χ2v) is 6.66. The number of ether oxygens (including phenoxy) is 1. The van der Waals surface area contributed by atoms with E-state index in [4.69, 9.17) is 4.74 Å². The molecule has 3 atom stereocenters. The van der Waals surface area contributed by atoms with Gasteiger partial charge in [0, 0.05) is 18.9 Å². The van der Waals surface area contributed by atoms with Crippen molar-refractivity contribution in [3.8, 4) is 0 Å². The highest BCUT2D eigenvalue weighted by atomic mass is 32.2. The Morgan fingerprint density at radius 2 is 2.31 bits per heavy atom. The molecule has 3 aliphatic heterocycles. The van der Waals surface area contributed by atoms with Gasteiger partial charge in [-0.3, -0.25) is 0 Å². The lowest BCUT2D eigenvalue weighted by atomic mass is 9.75. The van der Waals surface area contributed by atoms with Gasteiger partial charge in [-0.05, 0) is 43.9 Å². The average molecular weight is 243 g/mol. The number of hydrogen-bond acceptors (Lipinski definition) is 4. The van der Waals surface area contributed by atoms with Crippen molar-refractivity contribution in [2.24, 2.45) is 5.92 Å². The van der Waals surface area contributed by atoms with E-state index in [1.54, 1.807) is 0 Å². The van der Waals surface area contributed by atoms with E-state index in [1.165, 1.54) is 12.2 Å². The fourth-order valence-electron chi connectivity index (χ4n) is 3.40. The van der Waals surface area contributed by atoms with Crippen LogP contribution in [0.3, 0.4) is 0 Å². The molecule has 3 aliphatic rings. The minimum atomic E-state index is -0.454. The quantitative estimate of drug-likeness (QED) is 0.721. The summed E-state index contributed by atoms with van der Waals surface area (Å²) in [6.45, 7) is 2.59. The molecule has 3 heterocycles. The number of hydrogen-bond donors (Lipinski definition) is 2. The maximum absolute atomic E-state index is 10.6. The molecule has 0 amide bonds. The lowest BCUT2D eigenvalue weighted by Crippen LogP contribution is -2.49. The largest absolute Gasteiger partial charge is 0.388 e. The van der Waals surface area contributed by atoms with Gasteiger partial charge in [-0.25, -0.2) is 0 Å². The molecule has 16 heavy (non-hydrogen) atoms. The van der Waals surface area contributed by atoms with Crippen LogP contribution < -0.4 is 5.32 Å². The predicted molar refractivity (Wildman–Crippen MR) is 65.8 cm³/mol. The van der Waals surface area contributed by atoms with Crippen LogP contribution in [0.2, 0.25) is 0 Å². The number of aliphatic hydroxyl groups is 1. The molecule has 0 radical (unpaired) electrons. The van der Waals surface area contributed by atoms with Crippen molar-refractivity contribution in [2.45, 2.75) is 36.9 Å². The molecule has 2 N–H and O–H groups in total. The lowest BCUT2D eigenvalue weighted by molar-refractivity contribution is -0.126. The van der Waals surface area contributed by atoms with Gasteiger partial charge in [0.25, 0.3) is 0 Å². The normalized spacial score (nSPS) is 48.9. The Kier molecular flexibility index (Phi) is 2.94. The Morgan fingerprint density at radius 3 is 3.00 bits per heavy atom. The number of rotatable bonds is 1. The van der Waals surface area contributed by atoms with E-state index in [1.807, 2.05) is 11.8 Å². The Labute approximate surface area is 101 Å². The second kappa shape index (κ2) is 4.16. The van der Waals surface area contributed by atoms with Crippen molar-refractivity contribution in [3.63, 3.8) is 0 Å². The summed E-state index contributed by atoms with van der Waals surface area (Å²) >= 11 is 2.00. The summed E-state index contributed by atoms with van der Waals surface area (Å²) in [6, 6.07) is 0. The summed E-state index contributed by atoms with van der Waals surface area (Å²) < 4.78 is 6.01. The highest BCUT2D eigenvalue weighted by molar-refractivity contribution is 7.99. The fourth-order valence-corrected chi connectivity index (χ4v) is 4.77. The molecule has 0 bridgehead atoms. The monoisotopic (exact) mass is 243 g/mol. The van der Waals surface area contributed by atoms with Crippen LogP contribution in [0.4, 0.5) is 0 Å². The van der Waals surface area contributed by atoms with E-state index in [9.17, 15) is 5.11 Å². The van der Waals surface area contributed by atoms with E-state index in [0.29, 0.717) is 5.92 Å². The molecule has 0 saturated carbocycles. The highest BCUT2D eigenvalue weighted by Crippen LogP contribution is 2.44. The van der Waals surface area contributed by atoms with Gasteiger partial charge in [-0.1, -0.05) is 0 Å². The first kappa shape index (κ1) is 11.3. The minimum absolute atomic E-state index is 0.103. The third kappa shape index (κ3) is 1.90. The molecule has 3 rings (SSSR count). The van der Waals surface area contributed by atoms with E-state index >= 15 is 0 Å². The van der Waals surface area contributed by atoms with Crippen molar-refractivity contribution in [1.82, 2.24) is 5.32 Å². The van der Waals surface area contributed by atoms with Crippen molar-refractivity contribution < 1.29 is 9.84 Å². The molecule has 0 aromatic carbocycles. The van der Waals surface area contributed by atoms with Gasteiger partial charge < -0.3 is 15.2 Å². The van der Waals surface area contributed by atoms with Crippen molar-refractivity contribution in [2.75, 3.05) is 31.2 Å². The smallest absolute Gasteiger partial charge is 0.0813 e. The zero-order valence-electron chi connectivity index (χ0n) is 9.71. The first-order valence-corrected chi connectivity index (χ1v) is 7.53. The molecule has 0 aromatic rings. The molecule has 0 aliphatic carbocycles. The second-order valence-electron chi connectivity index (χ2n) is 5.55. The Morgan fingerprint density at radius 1 is 1.38 bits per heavy atom. The zero-order valence-corrected chi connectivity index (χ0v) is 10.5. The summed E-state index contributed by atoms with van der Waals surface area (Å²) in [5.74, 6) is 2.80. The summed E-state index contributed by atoms with van der Waals surface area (Å²) in [5, 5.41) is 13.9. The van der Waals surface area contributed by atoms with Crippen LogP contribution in [-0.4, -0.2) is 47.5 Å². The van der Waals surface area contributed by atoms with Crippen molar-refractivity contribution in [1.29, 1.82) is 0 Å². The van der Waals surface area contributed by atoms with Crippen LogP contribution in [0.1, 0.15) is 25.7 Å². The van der Waals surface area contributed by atoms with Gasteiger partial charge in [0.05, 0.1) is 11.2 Å². The Hall–Kier alpha value is 0.230. The van der Waals surface area contributed by atoms with Crippen molar-refractivity contribution in [3.05, 3.63) is 0 Å². The predicted octanol–water partition coefficient (Wildman–Crippen LogP) is 1.01. The topological polar surface area (TPSA) is 41.5 Å². The first-order valence-electron chi connectivity index (χ1n) is 6.37. The highest BCUT2D eigenvalue weighted by Gasteiger charge is 2.48. The molecule has 3 unspecified atom stereocenters. The van der Waals surface area contributed by atoms with Crippen LogP contribution in [0.25, 0.3) is 0 Å². The van der Waals surface area contributed by atoms with Gasteiger partial charge in [-0.2, -0.15) is 11.8 Å². The van der Waals surface area contributed by atoms with E-state index in [2.05, 4.69) is 5.32 Å². The van der Waals surface area contributed by atoms with Gasteiger partial charge in [0.1, 0.15) is 0 Å². The Bertz CT molecular complexity index is 250. The molecule has 3 nitrogen and oxygen atoms in total. The molecule has 3 fully saturated rings. The van der Waals surface area contributed by atoms with Gasteiger partial charge in [-0.15, -0.1) is 0 Å². The molecule has 3 saturated heterocycles. The van der Waals surface area contributed by atoms with Gasteiger partial charge >= 0.3 is 0 Å². The van der Waals surface area contributed by atoms with Gasteiger partial charge in [0.15, 0.2) is 0 Å². The van der Waals surface area contributed by atoms with Crippen LogP contribution in [0.5, 0.6) is 0 Å². The maximum atomic E-state index is 10.6. The first-order chi connectivity index (χ1) is 7.73. The van der Waals surface area contributed by atoms with Crippen LogP contribution >= 0.6 is 11.8 Å². The summed E-state index contributed by atoms with van der Waals surface area (Å²) in [6.07, 6.45) is 4.20. The van der Waals surface area contributed by atoms with Gasteiger partial charge in [0.2, 0.25) is 0 Å². The standard InChI is InChI=1S/C12H21NO2S/c14-12(2-4-13-8-12)10-1-5-15-11(7-10)3-6-16-9-11/h10,13-14H,1-9H2. The van der Waals surface area contributed by atoms with Crippen LogP contribution in [0, 0.1) is 5.92 Å². The van der Waals surface area contributed by atoms with E-state index in [0.717, 1.165) is 44.7 Å². The van der Waals surface area contributed by atoms with Crippen molar-refractivity contribution >= 4 is 11.8 Å². The number of nitrogens with one attached hydrogen (secondary N) is 1. The third-order valence-corrected chi connectivity index (χ3v) is 5.71. The molecule has 92 valence electrons. The van der Waals surface area contributed by atoms with Crippen LogP contribution in [-0.2, 0) is 4.74 Å². The average Bonchev–Trinajstić information content (AvgIpc) is 2.90. The van der Waals surface area contributed by atoms with E-state index in [-0.39, 0.29) is 5.60 Å².